The number of hydrogen-bond acceptors (Lipinski definition) is 4. The molecule has 0 saturated heterocycles. The maximum absolute atomic E-state index is 10.9. The van der Waals surface area contributed by atoms with Crippen LogP contribution in [0.1, 0.15) is 26.2 Å². The molecule has 0 bridgehead atoms. The van der Waals surface area contributed by atoms with Crippen LogP contribution < -0.4 is 5.32 Å². The number of benzene rings is 1. The molecule has 0 aliphatic heterocycles. The summed E-state index contributed by atoms with van der Waals surface area (Å²) in [5.41, 5.74) is 0.818. The molecule has 1 aromatic rings. The molecule has 1 N–H and O–H groups in total. The number of anilines is 1. The van der Waals surface area contributed by atoms with E-state index in [4.69, 9.17) is 0 Å². The van der Waals surface area contributed by atoms with Gasteiger partial charge in [-0.15, -0.1) is 0 Å². The Labute approximate surface area is 111 Å². The first-order chi connectivity index (χ1) is 8.70. The molecule has 4 nitrogen and oxygen atoms in total. The lowest BCUT2D eigenvalue weighted by molar-refractivity contribution is -0.384. The Morgan fingerprint density at radius 1 is 1.44 bits per heavy atom. The minimum atomic E-state index is -0.324. The molecule has 2 rings (SSSR count). The first-order valence-electron chi connectivity index (χ1n) is 6.32. The van der Waals surface area contributed by atoms with E-state index >= 15 is 0 Å². The second-order valence-electron chi connectivity index (χ2n) is 4.51. The molecular formula is C13H18N2O2S. The van der Waals surface area contributed by atoms with Gasteiger partial charge in [0.1, 0.15) is 5.69 Å². The Morgan fingerprint density at radius 2 is 2.22 bits per heavy atom. The highest BCUT2D eigenvalue weighted by Crippen LogP contribution is 2.33. The molecule has 0 spiro atoms. The van der Waals surface area contributed by atoms with E-state index in [0.717, 1.165) is 18.6 Å². The molecule has 2 atom stereocenters. The van der Waals surface area contributed by atoms with Gasteiger partial charge in [-0.1, -0.05) is 19.1 Å². The summed E-state index contributed by atoms with van der Waals surface area (Å²) >= 11 is 1.99. The zero-order chi connectivity index (χ0) is 13.0. The number of rotatable bonds is 5. The minimum absolute atomic E-state index is 0.170. The molecule has 1 saturated carbocycles. The topological polar surface area (TPSA) is 55.2 Å². The van der Waals surface area contributed by atoms with Crippen LogP contribution in [0, 0.1) is 10.1 Å². The van der Waals surface area contributed by atoms with Crippen molar-refractivity contribution in [3.05, 3.63) is 34.4 Å². The van der Waals surface area contributed by atoms with Gasteiger partial charge >= 0.3 is 0 Å². The lowest BCUT2D eigenvalue weighted by Gasteiger charge is -2.14. The maximum atomic E-state index is 10.9. The van der Waals surface area contributed by atoms with Gasteiger partial charge in [-0.2, -0.15) is 11.8 Å². The number of para-hydroxylation sites is 2. The highest BCUT2D eigenvalue weighted by atomic mass is 32.2. The summed E-state index contributed by atoms with van der Waals surface area (Å²) in [5.74, 6) is 1.14. The number of hydrogen-bond donors (Lipinski definition) is 1. The van der Waals surface area contributed by atoms with Crippen molar-refractivity contribution in [1.29, 1.82) is 0 Å². The Hall–Kier alpha value is -1.23. The summed E-state index contributed by atoms with van der Waals surface area (Å²) in [7, 11) is 0. The number of nitrogens with zero attached hydrogens (tertiary/aromatic N) is 1. The fourth-order valence-electron chi connectivity index (χ4n) is 2.43. The minimum Gasteiger partial charge on any atom is -0.377 e. The fraction of sp³-hybridized carbons (Fsp3) is 0.538. The van der Waals surface area contributed by atoms with E-state index in [0.29, 0.717) is 17.0 Å². The predicted molar refractivity (Wildman–Crippen MR) is 76.3 cm³/mol. The molecule has 0 amide bonds. The Morgan fingerprint density at radius 3 is 2.94 bits per heavy atom. The molecule has 5 heteroatoms. The monoisotopic (exact) mass is 266 g/mol. The average Bonchev–Trinajstić information content (AvgIpc) is 2.77. The van der Waals surface area contributed by atoms with Crippen LogP contribution >= 0.6 is 11.8 Å². The SMILES string of the molecule is CCSC1CCC(Nc2ccccc2[N+](=O)[O-])C1. The lowest BCUT2D eigenvalue weighted by Crippen LogP contribution is -2.16. The highest BCUT2D eigenvalue weighted by Gasteiger charge is 2.26. The van der Waals surface area contributed by atoms with Crippen molar-refractivity contribution < 1.29 is 4.92 Å². The summed E-state index contributed by atoms with van der Waals surface area (Å²) in [6.07, 6.45) is 3.41. The van der Waals surface area contributed by atoms with Crippen molar-refractivity contribution in [2.45, 2.75) is 37.5 Å². The van der Waals surface area contributed by atoms with Crippen LogP contribution in [-0.4, -0.2) is 22.0 Å². The van der Waals surface area contributed by atoms with Gasteiger partial charge in [0.05, 0.1) is 4.92 Å². The van der Waals surface area contributed by atoms with E-state index in [1.54, 1.807) is 18.2 Å². The van der Waals surface area contributed by atoms with Crippen LogP contribution in [-0.2, 0) is 0 Å². The van der Waals surface area contributed by atoms with Gasteiger partial charge in [-0.05, 0) is 31.1 Å². The van der Waals surface area contributed by atoms with Crippen LogP contribution in [0.15, 0.2) is 24.3 Å². The van der Waals surface area contributed by atoms with Gasteiger partial charge in [0.25, 0.3) is 5.69 Å². The Bertz CT molecular complexity index is 425. The van der Waals surface area contributed by atoms with Crippen LogP contribution in [0.5, 0.6) is 0 Å². The van der Waals surface area contributed by atoms with Crippen molar-refractivity contribution in [2.24, 2.45) is 0 Å². The summed E-state index contributed by atoms with van der Waals surface area (Å²) in [4.78, 5) is 10.6. The van der Waals surface area contributed by atoms with Crippen molar-refractivity contribution in [3.8, 4) is 0 Å². The summed E-state index contributed by atoms with van der Waals surface area (Å²) in [5, 5.41) is 15.0. The molecule has 1 fully saturated rings. The fourth-order valence-corrected chi connectivity index (χ4v) is 3.58. The van der Waals surface area contributed by atoms with Crippen molar-refractivity contribution in [3.63, 3.8) is 0 Å². The van der Waals surface area contributed by atoms with Gasteiger partial charge in [-0.25, -0.2) is 0 Å². The van der Waals surface area contributed by atoms with Gasteiger partial charge in [0.15, 0.2) is 0 Å². The highest BCUT2D eigenvalue weighted by molar-refractivity contribution is 7.99. The largest absolute Gasteiger partial charge is 0.377 e. The van der Waals surface area contributed by atoms with Crippen LogP contribution in [0.4, 0.5) is 11.4 Å². The average molecular weight is 266 g/mol. The molecular weight excluding hydrogens is 248 g/mol. The maximum Gasteiger partial charge on any atom is 0.292 e. The quantitative estimate of drug-likeness (QED) is 0.652. The molecule has 1 aliphatic carbocycles. The molecule has 0 radical (unpaired) electrons. The Balaban J connectivity index is 2.00. The van der Waals surface area contributed by atoms with Crippen LogP contribution in [0.2, 0.25) is 0 Å². The summed E-state index contributed by atoms with van der Waals surface area (Å²) < 4.78 is 0. The third kappa shape index (κ3) is 3.16. The molecule has 0 heterocycles. The zero-order valence-corrected chi connectivity index (χ0v) is 11.3. The van der Waals surface area contributed by atoms with Crippen LogP contribution in [0.25, 0.3) is 0 Å². The van der Waals surface area contributed by atoms with E-state index in [1.807, 2.05) is 17.8 Å². The van der Waals surface area contributed by atoms with Crippen molar-refractivity contribution >= 4 is 23.1 Å². The van der Waals surface area contributed by atoms with Crippen LogP contribution in [0.3, 0.4) is 0 Å². The Kier molecular flexibility index (Phi) is 4.47. The van der Waals surface area contributed by atoms with Crippen molar-refractivity contribution in [2.75, 3.05) is 11.1 Å². The number of thioether (sulfide) groups is 1. The molecule has 1 aromatic carbocycles. The smallest absolute Gasteiger partial charge is 0.292 e. The molecule has 0 aromatic heterocycles. The number of nitrogens with one attached hydrogen (secondary N) is 1. The number of nitro benzene ring substituents is 1. The summed E-state index contributed by atoms with van der Waals surface area (Å²) in [6, 6.07) is 7.25. The first-order valence-corrected chi connectivity index (χ1v) is 7.37. The summed E-state index contributed by atoms with van der Waals surface area (Å²) in [6.45, 7) is 2.17. The van der Waals surface area contributed by atoms with Gasteiger partial charge in [0.2, 0.25) is 0 Å². The second kappa shape index (κ2) is 6.09. The molecule has 98 valence electrons. The van der Waals surface area contributed by atoms with E-state index in [1.165, 1.54) is 6.42 Å². The third-order valence-corrected chi connectivity index (χ3v) is 4.48. The van der Waals surface area contributed by atoms with Gasteiger partial charge in [-0.3, -0.25) is 10.1 Å². The normalized spacial score (nSPS) is 22.9. The van der Waals surface area contributed by atoms with E-state index in [9.17, 15) is 10.1 Å². The van der Waals surface area contributed by atoms with Crippen molar-refractivity contribution in [1.82, 2.24) is 0 Å². The molecule has 1 aliphatic rings. The third-order valence-electron chi connectivity index (χ3n) is 3.25. The zero-order valence-electron chi connectivity index (χ0n) is 10.5. The predicted octanol–water partition coefficient (Wildman–Crippen LogP) is 3.68. The van der Waals surface area contributed by atoms with E-state index in [-0.39, 0.29) is 10.6 Å². The molecule has 2 unspecified atom stereocenters. The standard InChI is InChI=1S/C13H18N2O2S/c1-2-18-11-8-7-10(9-11)14-12-5-3-4-6-13(12)15(16)17/h3-6,10-11,14H,2,7-9H2,1H3. The lowest BCUT2D eigenvalue weighted by atomic mass is 10.2. The number of nitro groups is 1. The van der Waals surface area contributed by atoms with Gasteiger partial charge < -0.3 is 5.32 Å². The van der Waals surface area contributed by atoms with E-state index < -0.39 is 0 Å². The first kappa shape index (κ1) is 13.2. The molecule has 18 heavy (non-hydrogen) atoms. The second-order valence-corrected chi connectivity index (χ2v) is 6.08. The van der Waals surface area contributed by atoms with E-state index in [2.05, 4.69) is 12.2 Å². The van der Waals surface area contributed by atoms with Gasteiger partial charge in [0, 0.05) is 17.4 Å².